The van der Waals surface area contributed by atoms with Crippen LogP contribution in [0.3, 0.4) is 0 Å². The second-order valence-electron chi connectivity index (χ2n) is 1.65. The first kappa shape index (κ1) is 5.28. The second kappa shape index (κ2) is 3.18. The summed E-state index contributed by atoms with van der Waals surface area (Å²) in [5.74, 6) is 0. The molecule has 0 atom stereocenters. The molecule has 0 radical (unpaired) electrons. The predicted octanol–water partition coefficient (Wildman–Crippen LogP) is 1.24. The number of hydrogen-bond acceptors (Lipinski definition) is 3. The van der Waals surface area contributed by atoms with Crippen molar-refractivity contribution < 1.29 is 4.52 Å². The molecule has 1 aromatic rings. The van der Waals surface area contributed by atoms with E-state index in [4.69, 9.17) is 0 Å². The van der Waals surface area contributed by atoms with E-state index >= 15 is 0 Å². The normalized spacial score (nSPS) is 14.0. The van der Waals surface area contributed by atoms with Crippen LogP contribution in [0.15, 0.2) is 17.0 Å². The van der Waals surface area contributed by atoms with Gasteiger partial charge < -0.3 is 4.52 Å². The summed E-state index contributed by atoms with van der Waals surface area (Å²) in [6, 6.07) is 0. The molecule has 1 aliphatic carbocycles. The summed E-state index contributed by atoms with van der Waals surface area (Å²) in [6.45, 7) is 0. The minimum atomic E-state index is 1.40. The summed E-state index contributed by atoms with van der Waals surface area (Å²) in [5.41, 5.74) is 0. The van der Waals surface area contributed by atoms with Crippen LogP contribution in [0.25, 0.3) is 0 Å². The maximum Gasteiger partial charge on any atom is 0.144 e. The van der Waals surface area contributed by atoms with Gasteiger partial charge in [-0.25, -0.2) is 0 Å². The molecule has 0 aliphatic heterocycles. The highest BCUT2D eigenvalue weighted by Crippen LogP contribution is 2.14. The molecular weight excluding hydrogens is 104 g/mol. The van der Waals surface area contributed by atoms with E-state index in [0.717, 1.165) is 0 Å². The fraction of sp³-hybridized carbons (Fsp3) is 0.600. The number of aromatic nitrogens is 2. The molecule has 3 nitrogen and oxygen atoms in total. The largest absolute Gasteiger partial charge is 0.346 e. The Morgan fingerprint density at radius 2 is 2.00 bits per heavy atom. The summed E-state index contributed by atoms with van der Waals surface area (Å²) < 4.78 is 4.22. The average molecular weight is 112 g/mol. The number of nitrogens with zero attached hydrogens (tertiary/aromatic N) is 2. The molecule has 0 N–H and O–H groups in total. The molecule has 3 heteroatoms. The quantitative estimate of drug-likeness (QED) is 0.506. The summed E-state index contributed by atoms with van der Waals surface area (Å²) in [4.78, 5) is 0. The fourth-order valence-electron chi connectivity index (χ4n) is 0.136. The first-order valence-corrected chi connectivity index (χ1v) is 2.71. The molecule has 0 saturated heterocycles. The Kier molecular flexibility index (Phi) is 2.10. The minimum Gasteiger partial charge on any atom is -0.346 e. The Morgan fingerprint density at radius 1 is 1.25 bits per heavy atom. The number of rotatable bonds is 0. The fourth-order valence-corrected chi connectivity index (χ4v) is 0.136. The highest BCUT2D eigenvalue weighted by molar-refractivity contribution is 4.50. The molecule has 1 fully saturated rings. The SMILES string of the molecule is C1CC1.c1conn1. The molecule has 8 heavy (non-hydrogen) atoms. The van der Waals surface area contributed by atoms with E-state index in [1.165, 1.54) is 31.7 Å². The van der Waals surface area contributed by atoms with Crippen molar-refractivity contribution in [2.24, 2.45) is 0 Å². The first-order chi connectivity index (χ1) is 4.00. The predicted molar refractivity (Wildman–Crippen MR) is 28.1 cm³/mol. The van der Waals surface area contributed by atoms with Crippen LogP contribution in [0.4, 0.5) is 0 Å². The Hall–Kier alpha value is -0.860. The Morgan fingerprint density at radius 3 is 2.12 bits per heavy atom. The molecule has 0 unspecified atom stereocenters. The van der Waals surface area contributed by atoms with Gasteiger partial charge in [0.1, 0.15) is 6.26 Å². The molecule has 44 valence electrons. The van der Waals surface area contributed by atoms with Gasteiger partial charge in [0.05, 0.1) is 6.20 Å². The van der Waals surface area contributed by atoms with Crippen LogP contribution in [0.2, 0.25) is 0 Å². The van der Waals surface area contributed by atoms with Gasteiger partial charge in [0.25, 0.3) is 0 Å². The summed E-state index contributed by atoms with van der Waals surface area (Å²) in [7, 11) is 0. The van der Waals surface area contributed by atoms with Crippen molar-refractivity contribution in [1.82, 2.24) is 10.4 Å². The first-order valence-electron chi connectivity index (χ1n) is 2.71. The lowest BCUT2D eigenvalue weighted by Gasteiger charge is -1.45. The van der Waals surface area contributed by atoms with E-state index in [-0.39, 0.29) is 0 Å². The average Bonchev–Trinajstić information content (AvgIpc) is 2.55. The molecule has 0 spiro atoms. The third-order valence-corrected chi connectivity index (χ3v) is 0.636. The van der Waals surface area contributed by atoms with E-state index in [0.29, 0.717) is 0 Å². The Labute approximate surface area is 47.7 Å². The zero-order valence-electron chi connectivity index (χ0n) is 4.58. The molecule has 1 saturated carbocycles. The monoisotopic (exact) mass is 112 g/mol. The minimum absolute atomic E-state index is 1.40. The van der Waals surface area contributed by atoms with E-state index in [2.05, 4.69) is 14.9 Å². The highest BCUT2D eigenvalue weighted by atomic mass is 16.5. The van der Waals surface area contributed by atoms with Gasteiger partial charge >= 0.3 is 0 Å². The van der Waals surface area contributed by atoms with Crippen LogP contribution in [-0.2, 0) is 0 Å². The Balaban J connectivity index is 0.0000000907. The van der Waals surface area contributed by atoms with Gasteiger partial charge in [-0.1, -0.05) is 19.3 Å². The van der Waals surface area contributed by atoms with E-state index in [1.54, 1.807) is 0 Å². The maximum atomic E-state index is 4.22. The van der Waals surface area contributed by atoms with Crippen LogP contribution in [0.5, 0.6) is 0 Å². The topological polar surface area (TPSA) is 38.9 Å². The zero-order chi connectivity index (χ0) is 5.66. The zero-order valence-corrected chi connectivity index (χ0v) is 4.58. The van der Waals surface area contributed by atoms with Crippen molar-refractivity contribution >= 4 is 0 Å². The van der Waals surface area contributed by atoms with Crippen molar-refractivity contribution in [3.8, 4) is 0 Å². The lowest BCUT2D eigenvalue weighted by Crippen LogP contribution is -1.53. The van der Waals surface area contributed by atoms with Crippen molar-refractivity contribution in [3.63, 3.8) is 0 Å². The van der Waals surface area contributed by atoms with Crippen molar-refractivity contribution in [1.29, 1.82) is 0 Å². The molecular formula is C5H8N2O. The summed E-state index contributed by atoms with van der Waals surface area (Å²) in [5, 5.41) is 6.40. The highest BCUT2D eigenvalue weighted by Gasteiger charge is 1.95. The molecule has 0 amide bonds. The van der Waals surface area contributed by atoms with E-state index in [1.807, 2.05) is 0 Å². The van der Waals surface area contributed by atoms with Crippen LogP contribution in [-0.4, -0.2) is 10.4 Å². The van der Waals surface area contributed by atoms with Gasteiger partial charge in [-0.3, -0.25) is 0 Å². The van der Waals surface area contributed by atoms with Crippen LogP contribution in [0, 0.1) is 0 Å². The lowest BCUT2D eigenvalue weighted by atomic mass is 11.0. The molecule has 1 heterocycles. The summed E-state index contributed by atoms with van der Waals surface area (Å²) in [6.07, 6.45) is 7.38. The lowest BCUT2D eigenvalue weighted by molar-refractivity contribution is 0.393. The summed E-state index contributed by atoms with van der Waals surface area (Å²) >= 11 is 0. The van der Waals surface area contributed by atoms with Crippen LogP contribution in [0.1, 0.15) is 19.3 Å². The second-order valence-corrected chi connectivity index (χ2v) is 1.65. The van der Waals surface area contributed by atoms with Crippen molar-refractivity contribution in [3.05, 3.63) is 12.5 Å². The van der Waals surface area contributed by atoms with E-state index in [9.17, 15) is 0 Å². The molecule has 1 aromatic heterocycles. The molecule has 0 aromatic carbocycles. The maximum absolute atomic E-state index is 4.22. The third-order valence-electron chi connectivity index (χ3n) is 0.636. The molecule has 0 bridgehead atoms. The van der Waals surface area contributed by atoms with E-state index < -0.39 is 0 Å². The third kappa shape index (κ3) is 3.33. The smallest absolute Gasteiger partial charge is 0.144 e. The van der Waals surface area contributed by atoms with Gasteiger partial charge in [-0.05, 0) is 0 Å². The van der Waals surface area contributed by atoms with Crippen LogP contribution >= 0.6 is 0 Å². The van der Waals surface area contributed by atoms with Gasteiger partial charge in [0, 0.05) is 5.27 Å². The standard InChI is InChI=1S/C3H6.C2H2N2O/c1-2-3-1;1-2-5-4-3-1/h1-3H2;1-2H. The molecule has 2 rings (SSSR count). The van der Waals surface area contributed by atoms with Gasteiger partial charge in [-0.2, -0.15) is 0 Å². The molecule has 1 aliphatic rings. The van der Waals surface area contributed by atoms with Gasteiger partial charge in [0.2, 0.25) is 0 Å². The number of hydrogen-bond donors (Lipinski definition) is 0. The van der Waals surface area contributed by atoms with Gasteiger partial charge in [-0.15, -0.1) is 5.10 Å². The Bertz CT molecular complexity index is 94.0. The van der Waals surface area contributed by atoms with Crippen molar-refractivity contribution in [2.45, 2.75) is 19.3 Å². The van der Waals surface area contributed by atoms with Gasteiger partial charge in [0.15, 0.2) is 0 Å². The van der Waals surface area contributed by atoms with Crippen molar-refractivity contribution in [2.75, 3.05) is 0 Å². The van der Waals surface area contributed by atoms with Crippen LogP contribution < -0.4 is 0 Å².